The number of hydrogen-bond donors (Lipinski definition) is 0. The summed E-state index contributed by atoms with van der Waals surface area (Å²) in [6.07, 6.45) is 8.93. The number of amides is 1. The van der Waals surface area contributed by atoms with Crippen LogP contribution in [0.25, 0.3) is 0 Å². The SMILES string of the molecule is COc1ccc(C(=O)CCCC(=O)N=C(CC2=CCC3OCCOC3=C2)CN2CCCC2)cc1OC. The monoisotopic (exact) mass is 496 g/mol. The Morgan fingerprint density at radius 3 is 2.67 bits per heavy atom. The quantitative estimate of drug-likeness (QED) is 0.336. The molecule has 1 unspecified atom stereocenters. The molecule has 2 aliphatic heterocycles. The number of nitrogens with zero attached hydrogens (tertiary/aromatic N) is 2. The molecule has 36 heavy (non-hydrogen) atoms. The highest BCUT2D eigenvalue weighted by Crippen LogP contribution is 2.29. The Bertz CT molecular complexity index is 1040. The van der Waals surface area contributed by atoms with Crippen molar-refractivity contribution in [2.24, 2.45) is 4.99 Å². The standard InChI is InChI=1S/C28H36N2O6/c1-33-24-11-9-21(18-26(24)34-2)23(31)6-5-7-28(32)29-22(19-30-12-3-4-13-30)16-20-8-10-25-27(17-20)36-15-14-35-25/h8-9,11,17-18,25H,3-7,10,12-16,19H2,1-2H3. The largest absolute Gasteiger partial charge is 0.493 e. The van der Waals surface area contributed by atoms with Crippen LogP contribution in [0.4, 0.5) is 0 Å². The Morgan fingerprint density at radius 2 is 1.89 bits per heavy atom. The minimum absolute atomic E-state index is 0.00584. The van der Waals surface area contributed by atoms with Gasteiger partial charge in [-0.1, -0.05) is 6.08 Å². The summed E-state index contributed by atoms with van der Waals surface area (Å²) < 4.78 is 22.0. The van der Waals surface area contributed by atoms with Crippen LogP contribution in [0.1, 0.15) is 55.3 Å². The number of ketones is 1. The van der Waals surface area contributed by atoms with Crippen molar-refractivity contribution in [1.82, 2.24) is 4.90 Å². The van der Waals surface area contributed by atoms with Gasteiger partial charge in [-0.05, 0) is 68.6 Å². The number of rotatable bonds is 11. The second-order valence-corrected chi connectivity index (χ2v) is 9.35. The second-order valence-electron chi connectivity index (χ2n) is 9.35. The fourth-order valence-electron chi connectivity index (χ4n) is 4.82. The minimum Gasteiger partial charge on any atom is -0.493 e. The lowest BCUT2D eigenvalue weighted by molar-refractivity contribution is -0.117. The van der Waals surface area contributed by atoms with Crippen molar-refractivity contribution in [2.75, 3.05) is 47.1 Å². The molecule has 0 saturated carbocycles. The topological polar surface area (TPSA) is 86.7 Å². The highest BCUT2D eigenvalue weighted by molar-refractivity contribution is 5.99. The number of carbonyl (C=O) groups is 2. The highest BCUT2D eigenvalue weighted by atomic mass is 16.6. The molecule has 3 aliphatic rings. The number of allylic oxidation sites excluding steroid dienone is 2. The molecule has 0 spiro atoms. The van der Waals surface area contributed by atoms with Gasteiger partial charge in [0.05, 0.1) is 20.8 Å². The number of methoxy groups -OCH3 is 2. The molecular weight excluding hydrogens is 460 g/mol. The Labute approximate surface area is 212 Å². The maximum atomic E-state index is 12.8. The molecule has 1 aromatic carbocycles. The van der Waals surface area contributed by atoms with E-state index in [1.54, 1.807) is 25.3 Å². The predicted molar refractivity (Wildman–Crippen MR) is 137 cm³/mol. The predicted octanol–water partition coefficient (Wildman–Crippen LogP) is 4.14. The van der Waals surface area contributed by atoms with Crippen LogP contribution in [0.5, 0.6) is 11.5 Å². The van der Waals surface area contributed by atoms with E-state index in [1.165, 1.54) is 20.0 Å². The normalized spacial score (nSPS) is 20.2. The molecule has 0 N–H and O–H groups in total. The molecule has 1 amide bonds. The summed E-state index contributed by atoms with van der Waals surface area (Å²) in [5.41, 5.74) is 2.52. The first-order valence-corrected chi connectivity index (χ1v) is 12.8. The number of benzene rings is 1. The Kier molecular flexibility index (Phi) is 9.30. The van der Waals surface area contributed by atoms with Crippen LogP contribution in [0, 0.1) is 0 Å². The third kappa shape index (κ3) is 7.04. The number of aliphatic imine (C=N–C) groups is 1. The molecular formula is C28H36N2O6. The maximum Gasteiger partial charge on any atom is 0.245 e. The van der Waals surface area contributed by atoms with Crippen LogP contribution in [0.3, 0.4) is 0 Å². The molecule has 2 fully saturated rings. The summed E-state index contributed by atoms with van der Waals surface area (Å²) in [4.78, 5) is 32.3. The first-order valence-electron chi connectivity index (χ1n) is 12.8. The number of likely N-dealkylation sites (tertiary alicyclic amines) is 1. The molecule has 1 aliphatic carbocycles. The van der Waals surface area contributed by atoms with Crippen molar-refractivity contribution in [3.63, 3.8) is 0 Å². The fourth-order valence-corrected chi connectivity index (χ4v) is 4.82. The van der Waals surface area contributed by atoms with Crippen molar-refractivity contribution in [3.8, 4) is 11.5 Å². The lowest BCUT2D eigenvalue weighted by Gasteiger charge is -2.29. The number of hydrogen-bond acceptors (Lipinski definition) is 7. The zero-order valence-electron chi connectivity index (χ0n) is 21.3. The molecule has 8 nitrogen and oxygen atoms in total. The summed E-state index contributed by atoms with van der Waals surface area (Å²) in [6, 6.07) is 5.11. The smallest absolute Gasteiger partial charge is 0.245 e. The maximum absolute atomic E-state index is 12.8. The minimum atomic E-state index is -0.177. The van der Waals surface area contributed by atoms with Crippen molar-refractivity contribution < 1.29 is 28.5 Å². The zero-order chi connectivity index (χ0) is 25.3. The van der Waals surface area contributed by atoms with Gasteiger partial charge in [0, 0.05) is 37.1 Å². The third-order valence-electron chi connectivity index (χ3n) is 6.71. The lowest BCUT2D eigenvalue weighted by atomic mass is 9.98. The van der Waals surface area contributed by atoms with Crippen LogP contribution in [0.2, 0.25) is 0 Å². The van der Waals surface area contributed by atoms with Crippen LogP contribution in [-0.2, 0) is 14.3 Å². The molecule has 2 saturated heterocycles. The van der Waals surface area contributed by atoms with Gasteiger partial charge < -0.3 is 18.9 Å². The van der Waals surface area contributed by atoms with E-state index in [0.717, 1.165) is 36.6 Å². The Balaban J connectivity index is 1.34. The Hall–Kier alpha value is -2.97. The molecule has 2 heterocycles. The van der Waals surface area contributed by atoms with E-state index in [2.05, 4.69) is 16.0 Å². The van der Waals surface area contributed by atoms with E-state index in [-0.39, 0.29) is 30.6 Å². The van der Waals surface area contributed by atoms with E-state index in [0.29, 0.717) is 49.7 Å². The van der Waals surface area contributed by atoms with Gasteiger partial charge >= 0.3 is 0 Å². The van der Waals surface area contributed by atoms with E-state index in [1.807, 2.05) is 6.08 Å². The van der Waals surface area contributed by atoms with Gasteiger partial charge in [-0.25, -0.2) is 4.99 Å². The summed E-state index contributed by atoms with van der Waals surface area (Å²) in [7, 11) is 3.09. The van der Waals surface area contributed by atoms with Gasteiger partial charge in [0.25, 0.3) is 0 Å². The van der Waals surface area contributed by atoms with Crippen molar-refractivity contribution >= 4 is 17.4 Å². The lowest BCUT2D eigenvalue weighted by Crippen LogP contribution is -2.30. The summed E-state index contributed by atoms with van der Waals surface area (Å²) >= 11 is 0. The van der Waals surface area contributed by atoms with Crippen LogP contribution in [-0.4, -0.2) is 75.5 Å². The number of ether oxygens (including phenoxy) is 4. The van der Waals surface area contributed by atoms with Gasteiger partial charge in [0.1, 0.15) is 18.5 Å². The molecule has 1 aromatic rings. The first-order chi connectivity index (χ1) is 17.6. The van der Waals surface area contributed by atoms with Crippen LogP contribution >= 0.6 is 0 Å². The molecule has 4 rings (SSSR count). The van der Waals surface area contributed by atoms with Crippen LogP contribution in [0.15, 0.2) is 46.7 Å². The number of fused-ring (bicyclic) bond motifs is 1. The second kappa shape index (κ2) is 12.8. The van der Waals surface area contributed by atoms with Crippen molar-refractivity contribution in [2.45, 2.75) is 51.0 Å². The highest BCUT2D eigenvalue weighted by Gasteiger charge is 2.25. The molecule has 194 valence electrons. The fraction of sp³-hybridized carbons (Fsp3) is 0.536. The Morgan fingerprint density at radius 1 is 1.08 bits per heavy atom. The van der Waals surface area contributed by atoms with Gasteiger partial charge in [-0.2, -0.15) is 0 Å². The molecule has 0 aromatic heterocycles. The van der Waals surface area contributed by atoms with Gasteiger partial charge in [0.2, 0.25) is 5.91 Å². The number of carbonyl (C=O) groups excluding carboxylic acids is 2. The summed E-state index contributed by atoms with van der Waals surface area (Å²) in [5.74, 6) is 1.75. The van der Waals surface area contributed by atoms with Gasteiger partial charge in [0.15, 0.2) is 17.3 Å². The zero-order valence-corrected chi connectivity index (χ0v) is 21.3. The average Bonchev–Trinajstić information content (AvgIpc) is 3.41. The van der Waals surface area contributed by atoms with E-state index >= 15 is 0 Å². The summed E-state index contributed by atoms with van der Waals surface area (Å²) in [5, 5.41) is 0. The van der Waals surface area contributed by atoms with Crippen molar-refractivity contribution in [1.29, 1.82) is 0 Å². The molecule has 1 atom stereocenters. The van der Waals surface area contributed by atoms with Gasteiger partial charge in [-0.15, -0.1) is 0 Å². The van der Waals surface area contributed by atoms with Crippen molar-refractivity contribution in [3.05, 3.63) is 47.2 Å². The third-order valence-corrected chi connectivity index (χ3v) is 6.71. The number of Topliss-reactive ketones (excluding diaryl/α,β-unsaturated/α-hetero) is 1. The first kappa shape index (κ1) is 26.1. The van der Waals surface area contributed by atoms with E-state index < -0.39 is 0 Å². The average molecular weight is 497 g/mol. The van der Waals surface area contributed by atoms with E-state index in [4.69, 9.17) is 18.9 Å². The van der Waals surface area contributed by atoms with E-state index in [9.17, 15) is 9.59 Å². The molecule has 0 radical (unpaired) electrons. The van der Waals surface area contributed by atoms with Crippen LogP contribution < -0.4 is 9.47 Å². The summed E-state index contributed by atoms with van der Waals surface area (Å²) in [6.45, 7) is 3.96. The molecule has 0 bridgehead atoms. The van der Waals surface area contributed by atoms with Gasteiger partial charge in [-0.3, -0.25) is 14.5 Å². The molecule has 8 heteroatoms.